The van der Waals surface area contributed by atoms with Gasteiger partial charge < -0.3 is 4.79 Å². The first-order chi connectivity index (χ1) is 8.23. The molecule has 0 aliphatic heterocycles. The summed E-state index contributed by atoms with van der Waals surface area (Å²) >= 11 is 3.55. The molecular formula is C15H17BrO. The van der Waals surface area contributed by atoms with Crippen molar-refractivity contribution >= 4 is 22.2 Å². The number of aldehydes is 1. The van der Waals surface area contributed by atoms with Gasteiger partial charge in [0.2, 0.25) is 0 Å². The summed E-state index contributed by atoms with van der Waals surface area (Å²) in [6.07, 6.45) is 8.21. The minimum absolute atomic E-state index is 0.320. The highest BCUT2D eigenvalue weighted by atomic mass is 79.9. The molecule has 0 atom stereocenters. The topological polar surface area (TPSA) is 17.1 Å². The Morgan fingerprint density at radius 2 is 2.00 bits per heavy atom. The lowest BCUT2D eigenvalue weighted by molar-refractivity contribution is -0.112. The van der Waals surface area contributed by atoms with Gasteiger partial charge in [0.05, 0.1) is 0 Å². The number of fused-ring (bicyclic) bond motifs is 2. The predicted octanol–water partition coefficient (Wildman–Crippen LogP) is 4.02. The number of carbonyl (C=O) groups is 1. The third kappa shape index (κ3) is 1.87. The van der Waals surface area contributed by atoms with Gasteiger partial charge in [0.25, 0.3) is 0 Å². The van der Waals surface area contributed by atoms with Crippen LogP contribution in [-0.4, -0.2) is 6.29 Å². The maximum atomic E-state index is 10.8. The van der Waals surface area contributed by atoms with Crippen molar-refractivity contribution in [3.8, 4) is 0 Å². The highest BCUT2D eigenvalue weighted by molar-refractivity contribution is 9.10. The number of rotatable bonds is 1. The quantitative estimate of drug-likeness (QED) is 0.715. The van der Waals surface area contributed by atoms with E-state index in [2.05, 4.69) is 34.1 Å². The Labute approximate surface area is 111 Å². The molecule has 0 N–H and O–H groups in total. The van der Waals surface area contributed by atoms with E-state index < -0.39 is 0 Å². The molecule has 1 fully saturated rings. The van der Waals surface area contributed by atoms with E-state index in [0.717, 1.165) is 19.1 Å². The molecule has 0 saturated heterocycles. The largest absolute Gasteiger partial charge is 0.303 e. The molecule has 1 spiro atoms. The fraction of sp³-hybridized carbons (Fsp3) is 0.533. The average molecular weight is 293 g/mol. The van der Waals surface area contributed by atoms with E-state index in [9.17, 15) is 4.79 Å². The summed E-state index contributed by atoms with van der Waals surface area (Å²) in [4.78, 5) is 10.8. The van der Waals surface area contributed by atoms with Crippen molar-refractivity contribution in [1.29, 1.82) is 0 Å². The van der Waals surface area contributed by atoms with Crippen molar-refractivity contribution in [2.24, 2.45) is 5.92 Å². The van der Waals surface area contributed by atoms with Gasteiger partial charge in [-0.15, -0.1) is 0 Å². The summed E-state index contributed by atoms with van der Waals surface area (Å²) in [5.41, 5.74) is 3.48. The zero-order valence-electron chi connectivity index (χ0n) is 9.92. The van der Waals surface area contributed by atoms with Gasteiger partial charge in [-0.05, 0) is 67.2 Å². The Bertz CT molecular complexity index is 444. The molecule has 0 radical (unpaired) electrons. The van der Waals surface area contributed by atoms with Gasteiger partial charge in [0, 0.05) is 10.4 Å². The molecule has 1 aromatic carbocycles. The molecule has 3 rings (SSSR count). The zero-order chi connectivity index (χ0) is 11.9. The normalized spacial score (nSPS) is 31.5. The van der Waals surface area contributed by atoms with E-state index in [0.29, 0.717) is 11.3 Å². The summed E-state index contributed by atoms with van der Waals surface area (Å²) in [5, 5.41) is 0. The van der Waals surface area contributed by atoms with Crippen LogP contribution in [0.25, 0.3) is 0 Å². The predicted molar refractivity (Wildman–Crippen MR) is 72.2 cm³/mol. The van der Waals surface area contributed by atoms with Gasteiger partial charge >= 0.3 is 0 Å². The van der Waals surface area contributed by atoms with Crippen LogP contribution in [0.1, 0.15) is 43.2 Å². The van der Waals surface area contributed by atoms with Crippen LogP contribution in [0.15, 0.2) is 22.7 Å². The molecule has 2 aliphatic rings. The summed E-state index contributed by atoms with van der Waals surface area (Å²) in [7, 11) is 0. The summed E-state index contributed by atoms with van der Waals surface area (Å²) < 4.78 is 1.19. The van der Waals surface area contributed by atoms with Gasteiger partial charge in [0.1, 0.15) is 6.29 Å². The first-order valence-electron chi connectivity index (χ1n) is 6.48. The smallest absolute Gasteiger partial charge is 0.123 e. The van der Waals surface area contributed by atoms with E-state index in [1.807, 2.05) is 0 Å². The van der Waals surface area contributed by atoms with Crippen LogP contribution in [0.3, 0.4) is 0 Å². The van der Waals surface area contributed by atoms with Crippen LogP contribution in [0, 0.1) is 5.92 Å². The SMILES string of the molecule is O=C[C@H]1CC[C@]2(CCc3cc(Br)ccc32)CC1. The molecule has 90 valence electrons. The maximum absolute atomic E-state index is 10.8. The van der Waals surface area contributed by atoms with Crippen LogP contribution in [0.5, 0.6) is 0 Å². The lowest BCUT2D eigenvalue weighted by Crippen LogP contribution is -2.29. The Kier molecular flexibility index (Phi) is 2.86. The Morgan fingerprint density at radius 1 is 1.24 bits per heavy atom. The van der Waals surface area contributed by atoms with E-state index in [4.69, 9.17) is 0 Å². The second-order valence-electron chi connectivity index (χ2n) is 5.56. The first kappa shape index (κ1) is 11.5. The Balaban J connectivity index is 1.90. The number of aryl methyl sites for hydroxylation is 1. The molecular weight excluding hydrogens is 276 g/mol. The van der Waals surface area contributed by atoms with Gasteiger partial charge in [-0.2, -0.15) is 0 Å². The van der Waals surface area contributed by atoms with Gasteiger partial charge in [-0.1, -0.05) is 22.0 Å². The van der Waals surface area contributed by atoms with Crippen molar-refractivity contribution in [1.82, 2.24) is 0 Å². The van der Waals surface area contributed by atoms with Crippen molar-refractivity contribution in [3.05, 3.63) is 33.8 Å². The van der Waals surface area contributed by atoms with Crippen LogP contribution >= 0.6 is 15.9 Å². The molecule has 0 aromatic heterocycles. The lowest BCUT2D eigenvalue weighted by Gasteiger charge is -2.36. The molecule has 1 aromatic rings. The van der Waals surface area contributed by atoms with E-state index >= 15 is 0 Å². The minimum Gasteiger partial charge on any atom is -0.303 e. The number of carbonyl (C=O) groups excluding carboxylic acids is 1. The second kappa shape index (κ2) is 4.24. The molecule has 0 heterocycles. The molecule has 1 saturated carbocycles. The molecule has 17 heavy (non-hydrogen) atoms. The highest BCUT2D eigenvalue weighted by Crippen LogP contribution is 2.49. The van der Waals surface area contributed by atoms with Crippen LogP contribution < -0.4 is 0 Å². The van der Waals surface area contributed by atoms with Crippen molar-refractivity contribution in [2.75, 3.05) is 0 Å². The van der Waals surface area contributed by atoms with Crippen LogP contribution in [0.4, 0.5) is 0 Å². The lowest BCUT2D eigenvalue weighted by atomic mass is 9.67. The molecule has 0 bridgehead atoms. The fourth-order valence-electron chi connectivity index (χ4n) is 3.64. The van der Waals surface area contributed by atoms with Gasteiger partial charge in [-0.3, -0.25) is 0 Å². The molecule has 2 aliphatic carbocycles. The Morgan fingerprint density at radius 3 is 2.71 bits per heavy atom. The average Bonchev–Trinajstić information content (AvgIpc) is 2.69. The molecule has 1 nitrogen and oxygen atoms in total. The fourth-order valence-corrected chi connectivity index (χ4v) is 4.05. The van der Waals surface area contributed by atoms with Gasteiger partial charge in [0.15, 0.2) is 0 Å². The molecule has 0 unspecified atom stereocenters. The monoisotopic (exact) mass is 292 g/mol. The standard InChI is InChI=1S/C15H17BrO/c16-13-1-2-14-12(9-13)5-8-15(14)6-3-11(10-17)4-7-15/h1-2,9-11H,3-8H2/t11-,15+. The number of hydrogen-bond acceptors (Lipinski definition) is 1. The van der Waals surface area contributed by atoms with Crippen LogP contribution in [-0.2, 0) is 16.6 Å². The molecule has 2 heteroatoms. The summed E-state index contributed by atoms with van der Waals surface area (Å²) in [6, 6.07) is 6.74. The number of hydrogen-bond donors (Lipinski definition) is 0. The minimum atomic E-state index is 0.320. The van der Waals surface area contributed by atoms with Crippen molar-refractivity contribution in [3.63, 3.8) is 0 Å². The third-order valence-electron chi connectivity index (χ3n) is 4.69. The van der Waals surface area contributed by atoms with Crippen molar-refractivity contribution < 1.29 is 4.79 Å². The van der Waals surface area contributed by atoms with E-state index in [-0.39, 0.29) is 0 Å². The summed E-state index contributed by atoms with van der Waals surface area (Å²) in [5.74, 6) is 0.320. The summed E-state index contributed by atoms with van der Waals surface area (Å²) in [6.45, 7) is 0. The zero-order valence-corrected chi connectivity index (χ0v) is 11.5. The van der Waals surface area contributed by atoms with Crippen LogP contribution in [0.2, 0.25) is 0 Å². The first-order valence-corrected chi connectivity index (χ1v) is 7.27. The van der Waals surface area contributed by atoms with E-state index in [1.165, 1.54) is 35.7 Å². The van der Waals surface area contributed by atoms with Crippen molar-refractivity contribution in [2.45, 2.75) is 43.9 Å². The maximum Gasteiger partial charge on any atom is 0.123 e. The number of benzene rings is 1. The third-order valence-corrected chi connectivity index (χ3v) is 5.18. The Hall–Kier alpha value is -0.630. The highest BCUT2D eigenvalue weighted by Gasteiger charge is 2.41. The van der Waals surface area contributed by atoms with Gasteiger partial charge in [-0.25, -0.2) is 0 Å². The number of halogens is 1. The second-order valence-corrected chi connectivity index (χ2v) is 6.47. The molecule has 0 amide bonds. The van der Waals surface area contributed by atoms with E-state index in [1.54, 1.807) is 5.56 Å².